The molecule has 132 valence electrons. The molecule has 0 aromatic heterocycles. The van der Waals surface area contributed by atoms with Gasteiger partial charge in [0.15, 0.2) is 0 Å². The Kier molecular flexibility index (Phi) is 5.64. The largest absolute Gasteiger partial charge is 0.352 e. The van der Waals surface area contributed by atoms with Crippen LogP contribution in [0, 0.1) is 5.92 Å². The van der Waals surface area contributed by atoms with Gasteiger partial charge in [-0.1, -0.05) is 23.8 Å². The highest BCUT2D eigenvalue weighted by Crippen LogP contribution is 2.20. The fourth-order valence-electron chi connectivity index (χ4n) is 3.42. The van der Waals surface area contributed by atoms with Gasteiger partial charge in [0.1, 0.15) is 0 Å². The number of nitrogens with one attached hydrogen (secondary N) is 2. The Morgan fingerprint density at radius 3 is 2.60 bits per heavy atom. The Hall–Kier alpha value is -2.43. The van der Waals surface area contributed by atoms with Crippen molar-refractivity contribution >= 4 is 17.7 Å². The molecule has 0 unspecified atom stereocenters. The van der Waals surface area contributed by atoms with Crippen LogP contribution in [0.1, 0.15) is 54.4 Å². The molecule has 1 aromatic rings. The van der Waals surface area contributed by atoms with Gasteiger partial charge >= 0.3 is 0 Å². The fourth-order valence-corrected chi connectivity index (χ4v) is 3.42. The molecule has 0 saturated carbocycles. The first-order valence-corrected chi connectivity index (χ1v) is 9.00. The van der Waals surface area contributed by atoms with Crippen molar-refractivity contribution in [1.29, 1.82) is 0 Å². The van der Waals surface area contributed by atoms with E-state index in [1.807, 2.05) is 12.1 Å². The highest BCUT2D eigenvalue weighted by molar-refractivity contribution is 6.03. The van der Waals surface area contributed by atoms with Crippen LogP contribution in [-0.4, -0.2) is 24.3 Å². The lowest BCUT2D eigenvalue weighted by Gasteiger charge is -2.13. The maximum atomic E-state index is 12.2. The zero-order valence-electron chi connectivity index (χ0n) is 14.3. The molecule has 3 amide bonds. The second-order valence-electron chi connectivity index (χ2n) is 6.83. The summed E-state index contributed by atoms with van der Waals surface area (Å²) in [5.41, 5.74) is 3.03. The van der Waals surface area contributed by atoms with Gasteiger partial charge in [-0.2, -0.15) is 0 Å². The van der Waals surface area contributed by atoms with Gasteiger partial charge in [-0.3, -0.25) is 19.7 Å². The molecule has 3 rings (SSSR count). The third-order valence-electron chi connectivity index (χ3n) is 4.88. The maximum absolute atomic E-state index is 12.2. The summed E-state index contributed by atoms with van der Waals surface area (Å²) in [6, 6.07) is 7.27. The summed E-state index contributed by atoms with van der Waals surface area (Å²) in [6.07, 6.45) is 8.84. The molecule has 25 heavy (non-hydrogen) atoms. The van der Waals surface area contributed by atoms with Crippen LogP contribution in [0.5, 0.6) is 0 Å². The monoisotopic (exact) mass is 340 g/mol. The first-order chi connectivity index (χ1) is 12.1. The topological polar surface area (TPSA) is 75.3 Å². The fraction of sp³-hybridized carbons (Fsp3) is 0.450. The van der Waals surface area contributed by atoms with E-state index in [1.165, 1.54) is 18.4 Å². The number of hydrogen-bond donors (Lipinski definition) is 2. The van der Waals surface area contributed by atoms with Crippen LogP contribution in [0.25, 0.3) is 0 Å². The Balaban J connectivity index is 1.47. The number of hydrogen-bond acceptors (Lipinski definition) is 3. The van der Waals surface area contributed by atoms with Gasteiger partial charge in [0, 0.05) is 18.5 Å². The van der Waals surface area contributed by atoms with Crippen molar-refractivity contribution in [2.45, 2.75) is 44.9 Å². The van der Waals surface area contributed by atoms with Crippen molar-refractivity contribution in [3.05, 3.63) is 47.0 Å². The molecular weight excluding hydrogens is 316 g/mol. The number of carbonyl (C=O) groups is 3. The minimum atomic E-state index is -0.295. The second-order valence-corrected chi connectivity index (χ2v) is 6.83. The smallest absolute Gasteiger partial charge is 0.251 e. The predicted octanol–water partition coefficient (Wildman–Crippen LogP) is 2.51. The van der Waals surface area contributed by atoms with E-state index in [0.717, 1.165) is 24.8 Å². The first-order valence-electron chi connectivity index (χ1n) is 9.00. The third kappa shape index (κ3) is 4.78. The van der Waals surface area contributed by atoms with Crippen LogP contribution >= 0.6 is 0 Å². The van der Waals surface area contributed by atoms with Crippen LogP contribution in [-0.2, 0) is 16.0 Å². The zero-order valence-corrected chi connectivity index (χ0v) is 14.3. The number of amides is 3. The number of imide groups is 1. The molecule has 1 aliphatic carbocycles. The van der Waals surface area contributed by atoms with Crippen LogP contribution in [0.4, 0.5) is 0 Å². The number of rotatable bonds is 6. The Bertz CT molecular complexity index is 691. The summed E-state index contributed by atoms with van der Waals surface area (Å²) in [5.74, 6) is -0.782. The van der Waals surface area contributed by atoms with Gasteiger partial charge in [0.2, 0.25) is 11.8 Å². The number of benzene rings is 1. The van der Waals surface area contributed by atoms with E-state index >= 15 is 0 Å². The van der Waals surface area contributed by atoms with E-state index in [0.29, 0.717) is 18.5 Å². The molecule has 1 saturated heterocycles. The minimum Gasteiger partial charge on any atom is -0.352 e. The predicted molar refractivity (Wildman–Crippen MR) is 94.9 cm³/mol. The van der Waals surface area contributed by atoms with Gasteiger partial charge in [0.05, 0.1) is 5.92 Å². The molecule has 0 spiro atoms. The van der Waals surface area contributed by atoms with E-state index in [2.05, 4.69) is 16.7 Å². The van der Waals surface area contributed by atoms with Gasteiger partial charge in [-0.15, -0.1) is 0 Å². The summed E-state index contributed by atoms with van der Waals surface area (Å²) in [4.78, 5) is 35.0. The molecule has 5 heteroatoms. The Morgan fingerprint density at radius 2 is 1.96 bits per heavy atom. The average Bonchev–Trinajstić information content (AvgIpc) is 2.93. The standard InChI is InChI=1S/C20H24N2O3/c23-18-13-17(20(25)22-18)12-15-6-8-16(9-7-15)19(24)21-11-10-14-4-2-1-3-5-14/h4,6-9,17H,1-3,5,10-13H2,(H,21,24)(H,22,23,25)/t17-/m1/s1. The summed E-state index contributed by atoms with van der Waals surface area (Å²) < 4.78 is 0. The molecule has 1 aliphatic heterocycles. The SMILES string of the molecule is O=C1C[C@@H](Cc2ccc(C(=O)NCCC3=CCCCC3)cc2)C(=O)N1. The van der Waals surface area contributed by atoms with Crippen LogP contribution in [0.2, 0.25) is 0 Å². The van der Waals surface area contributed by atoms with Crippen molar-refractivity contribution in [2.75, 3.05) is 6.54 Å². The van der Waals surface area contributed by atoms with Crippen molar-refractivity contribution in [1.82, 2.24) is 10.6 Å². The Morgan fingerprint density at radius 1 is 1.16 bits per heavy atom. The van der Waals surface area contributed by atoms with E-state index in [1.54, 1.807) is 12.1 Å². The van der Waals surface area contributed by atoms with Crippen molar-refractivity contribution in [3.8, 4) is 0 Å². The molecular formula is C20H24N2O3. The average molecular weight is 340 g/mol. The van der Waals surface area contributed by atoms with Crippen molar-refractivity contribution in [3.63, 3.8) is 0 Å². The molecule has 1 heterocycles. The van der Waals surface area contributed by atoms with Gasteiger partial charge in [-0.05, 0) is 56.2 Å². The molecule has 2 aliphatic rings. The highest BCUT2D eigenvalue weighted by Gasteiger charge is 2.30. The Labute approximate surface area is 147 Å². The second kappa shape index (κ2) is 8.10. The zero-order chi connectivity index (χ0) is 17.6. The molecule has 1 aromatic carbocycles. The van der Waals surface area contributed by atoms with E-state index in [4.69, 9.17) is 0 Å². The van der Waals surface area contributed by atoms with Crippen molar-refractivity contribution in [2.24, 2.45) is 5.92 Å². The first kappa shape index (κ1) is 17.4. The van der Waals surface area contributed by atoms with Crippen LogP contribution in [0.15, 0.2) is 35.9 Å². The number of allylic oxidation sites excluding steroid dienone is 1. The summed E-state index contributed by atoms with van der Waals surface area (Å²) in [5, 5.41) is 5.28. The van der Waals surface area contributed by atoms with Gasteiger partial charge in [-0.25, -0.2) is 0 Å². The normalized spacial score (nSPS) is 20.2. The lowest BCUT2D eigenvalue weighted by molar-refractivity contribution is -0.125. The summed E-state index contributed by atoms with van der Waals surface area (Å²) in [7, 11) is 0. The van der Waals surface area contributed by atoms with E-state index in [-0.39, 0.29) is 30.1 Å². The lowest BCUT2D eigenvalue weighted by Crippen LogP contribution is -2.25. The van der Waals surface area contributed by atoms with Gasteiger partial charge < -0.3 is 5.32 Å². The van der Waals surface area contributed by atoms with Crippen LogP contribution in [0.3, 0.4) is 0 Å². The quantitative estimate of drug-likeness (QED) is 0.617. The van der Waals surface area contributed by atoms with Crippen molar-refractivity contribution < 1.29 is 14.4 Å². The van der Waals surface area contributed by atoms with E-state index < -0.39 is 0 Å². The molecule has 1 fully saturated rings. The van der Waals surface area contributed by atoms with Gasteiger partial charge in [0.25, 0.3) is 5.91 Å². The number of carbonyl (C=O) groups excluding carboxylic acids is 3. The summed E-state index contributed by atoms with van der Waals surface area (Å²) >= 11 is 0. The van der Waals surface area contributed by atoms with Crippen LogP contribution < -0.4 is 10.6 Å². The maximum Gasteiger partial charge on any atom is 0.251 e. The molecule has 1 atom stereocenters. The molecule has 5 nitrogen and oxygen atoms in total. The molecule has 0 radical (unpaired) electrons. The molecule has 0 bridgehead atoms. The molecule has 2 N–H and O–H groups in total. The third-order valence-corrected chi connectivity index (χ3v) is 4.88. The minimum absolute atomic E-state index is 0.0725. The van der Waals surface area contributed by atoms with E-state index in [9.17, 15) is 14.4 Å². The highest BCUT2D eigenvalue weighted by atomic mass is 16.2. The summed E-state index contributed by atoms with van der Waals surface area (Å²) in [6.45, 7) is 0.663. The lowest BCUT2D eigenvalue weighted by atomic mass is 9.97.